The van der Waals surface area contributed by atoms with Gasteiger partial charge in [0.1, 0.15) is 5.82 Å². The van der Waals surface area contributed by atoms with Crippen LogP contribution in [0.15, 0.2) is 18.2 Å². The maximum atomic E-state index is 13.4. The van der Waals surface area contributed by atoms with Crippen LogP contribution in [-0.4, -0.2) is 36.0 Å². The summed E-state index contributed by atoms with van der Waals surface area (Å²) in [5.41, 5.74) is 0.511. The molecule has 1 aliphatic heterocycles. The zero-order valence-corrected chi connectivity index (χ0v) is 12.5. The van der Waals surface area contributed by atoms with E-state index in [0.717, 1.165) is 38.7 Å². The molecule has 1 aromatic carbocycles. The molecule has 1 N–H and O–H groups in total. The zero-order valence-electron chi connectivity index (χ0n) is 12.5. The fourth-order valence-corrected chi connectivity index (χ4v) is 2.97. The second kappa shape index (κ2) is 6.95. The predicted octanol–water partition coefficient (Wildman–Crippen LogP) is 2.73. The van der Waals surface area contributed by atoms with E-state index in [1.165, 1.54) is 6.07 Å². The first-order valence-corrected chi connectivity index (χ1v) is 7.43. The van der Waals surface area contributed by atoms with E-state index < -0.39 is 10.7 Å². The van der Waals surface area contributed by atoms with Gasteiger partial charge in [0.2, 0.25) is 0 Å². The Morgan fingerprint density at radius 1 is 1.43 bits per heavy atom. The average molecular weight is 295 g/mol. The lowest BCUT2D eigenvalue weighted by atomic mass is 9.89. The van der Waals surface area contributed by atoms with Gasteiger partial charge in [0.05, 0.1) is 11.0 Å². The maximum absolute atomic E-state index is 13.4. The molecule has 2 rings (SSSR count). The Labute approximate surface area is 124 Å². The minimum absolute atomic E-state index is 0.0434. The highest BCUT2D eigenvalue weighted by molar-refractivity contribution is 5.43. The van der Waals surface area contributed by atoms with Crippen molar-refractivity contribution in [3.63, 3.8) is 0 Å². The number of nitro benzene ring substituents is 1. The second-order valence-corrected chi connectivity index (χ2v) is 5.58. The number of rotatable bonds is 5. The Bertz CT molecular complexity index is 504. The van der Waals surface area contributed by atoms with Gasteiger partial charge in [0, 0.05) is 37.8 Å². The SMILES string of the molecule is CCC(C)[C@H](c1ccc(F)cc1[N+](=O)[O-])N1CCNCC1. The van der Waals surface area contributed by atoms with Crippen molar-refractivity contribution >= 4 is 5.69 Å². The summed E-state index contributed by atoms with van der Waals surface area (Å²) in [4.78, 5) is 13.1. The number of hydrogen-bond donors (Lipinski definition) is 1. The summed E-state index contributed by atoms with van der Waals surface area (Å²) in [6.45, 7) is 7.63. The Hall–Kier alpha value is -1.53. The third-order valence-electron chi connectivity index (χ3n) is 4.24. The summed E-state index contributed by atoms with van der Waals surface area (Å²) in [5.74, 6) is -0.291. The molecule has 21 heavy (non-hydrogen) atoms. The van der Waals surface area contributed by atoms with Crippen LogP contribution < -0.4 is 5.32 Å². The number of nitrogens with one attached hydrogen (secondary N) is 1. The highest BCUT2D eigenvalue weighted by atomic mass is 19.1. The third kappa shape index (κ3) is 3.57. The molecule has 0 amide bonds. The third-order valence-corrected chi connectivity index (χ3v) is 4.24. The van der Waals surface area contributed by atoms with Crippen molar-refractivity contribution in [2.24, 2.45) is 5.92 Å². The van der Waals surface area contributed by atoms with Crippen LogP contribution >= 0.6 is 0 Å². The van der Waals surface area contributed by atoms with Crippen LogP contribution in [-0.2, 0) is 0 Å². The summed E-state index contributed by atoms with van der Waals surface area (Å²) >= 11 is 0. The molecule has 2 atom stereocenters. The number of halogens is 1. The lowest BCUT2D eigenvalue weighted by Crippen LogP contribution is -2.46. The topological polar surface area (TPSA) is 58.4 Å². The van der Waals surface area contributed by atoms with Gasteiger partial charge < -0.3 is 5.32 Å². The highest BCUT2D eigenvalue weighted by Crippen LogP contribution is 2.36. The van der Waals surface area contributed by atoms with Crippen molar-refractivity contribution in [2.75, 3.05) is 26.2 Å². The molecule has 116 valence electrons. The predicted molar refractivity (Wildman–Crippen MR) is 79.7 cm³/mol. The van der Waals surface area contributed by atoms with Gasteiger partial charge in [-0.15, -0.1) is 0 Å². The molecule has 1 unspecified atom stereocenters. The quantitative estimate of drug-likeness (QED) is 0.670. The molecule has 1 aliphatic rings. The van der Waals surface area contributed by atoms with E-state index in [9.17, 15) is 14.5 Å². The smallest absolute Gasteiger partial charge is 0.277 e. The number of hydrogen-bond acceptors (Lipinski definition) is 4. The Balaban J connectivity index is 2.42. The summed E-state index contributed by atoms with van der Waals surface area (Å²) in [5, 5.41) is 14.6. The fourth-order valence-electron chi connectivity index (χ4n) is 2.97. The van der Waals surface area contributed by atoms with Crippen LogP contribution in [0, 0.1) is 21.8 Å². The van der Waals surface area contributed by atoms with E-state index in [2.05, 4.69) is 24.1 Å². The first-order valence-electron chi connectivity index (χ1n) is 7.43. The first kappa shape index (κ1) is 15.9. The monoisotopic (exact) mass is 295 g/mol. The zero-order chi connectivity index (χ0) is 15.4. The van der Waals surface area contributed by atoms with Crippen LogP contribution in [0.4, 0.5) is 10.1 Å². The molecule has 0 aliphatic carbocycles. The molecular formula is C15H22FN3O2. The van der Waals surface area contributed by atoms with Crippen molar-refractivity contribution in [1.82, 2.24) is 10.2 Å². The van der Waals surface area contributed by atoms with E-state index >= 15 is 0 Å². The normalized spacial score (nSPS) is 19.2. The van der Waals surface area contributed by atoms with Crippen molar-refractivity contribution < 1.29 is 9.31 Å². The van der Waals surface area contributed by atoms with Gasteiger partial charge in [0.15, 0.2) is 0 Å². The number of piperazine rings is 1. The van der Waals surface area contributed by atoms with Crippen LogP contribution in [0.3, 0.4) is 0 Å². The summed E-state index contributed by atoms with van der Waals surface area (Å²) in [6, 6.07) is 3.89. The van der Waals surface area contributed by atoms with Crippen molar-refractivity contribution in [3.8, 4) is 0 Å². The first-order chi connectivity index (χ1) is 10.0. The van der Waals surface area contributed by atoms with E-state index in [4.69, 9.17) is 0 Å². The lowest BCUT2D eigenvalue weighted by Gasteiger charge is -2.38. The molecule has 1 fully saturated rings. The van der Waals surface area contributed by atoms with Crippen LogP contribution in [0.5, 0.6) is 0 Å². The average Bonchev–Trinajstić information content (AvgIpc) is 2.49. The second-order valence-electron chi connectivity index (χ2n) is 5.58. The number of benzene rings is 1. The minimum atomic E-state index is -0.561. The standard InChI is InChI=1S/C15H22FN3O2/c1-3-11(2)15(18-8-6-17-7-9-18)13-5-4-12(16)10-14(13)19(20)21/h4-5,10-11,15,17H,3,6-9H2,1-2H3/t11?,15-/m1/s1. The molecule has 1 aromatic rings. The summed E-state index contributed by atoms with van der Waals surface area (Å²) < 4.78 is 13.4. The van der Waals surface area contributed by atoms with Gasteiger partial charge in [-0.25, -0.2) is 4.39 Å². The van der Waals surface area contributed by atoms with Gasteiger partial charge in [-0.05, 0) is 18.1 Å². The van der Waals surface area contributed by atoms with Crippen molar-refractivity contribution in [2.45, 2.75) is 26.3 Å². The van der Waals surface area contributed by atoms with E-state index in [1.807, 2.05) is 0 Å². The molecule has 1 saturated heterocycles. The summed E-state index contributed by atoms with van der Waals surface area (Å²) in [7, 11) is 0. The number of nitro groups is 1. The molecule has 0 radical (unpaired) electrons. The van der Waals surface area contributed by atoms with Gasteiger partial charge in [-0.3, -0.25) is 15.0 Å². The largest absolute Gasteiger partial charge is 0.314 e. The molecule has 5 nitrogen and oxygen atoms in total. The fraction of sp³-hybridized carbons (Fsp3) is 0.600. The van der Waals surface area contributed by atoms with Gasteiger partial charge in [-0.2, -0.15) is 0 Å². The number of nitrogens with zero attached hydrogens (tertiary/aromatic N) is 2. The maximum Gasteiger partial charge on any atom is 0.277 e. The van der Waals surface area contributed by atoms with Crippen LogP contribution in [0.1, 0.15) is 31.9 Å². The Morgan fingerprint density at radius 2 is 2.10 bits per heavy atom. The Kier molecular flexibility index (Phi) is 5.25. The molecular weight excluding hydrogens is 273 g/mol. The minimum Gasteiger partial charge on any atom is -0.314 e. The lowest BCUT2D eigenvalue weighted by molar-refractivity contribution is -0.386. The highest BCUT2D eigenvalue weighted by Gasteiger charge is 2.31. The molecule has 0 aromatic heterocycles. The molecule has 0 saturated carbocycles. The van der Waals surface area contributed by atoms with Crippen LogP contribution in [0.25, 0.3) is 0 Å². The molecule has 6 heteroatoms. The van der Waals surface area contributed by atoms with E-state index in [0.29, 0.717) is 5.56 Å². The molecule has 0 bridgehead atoms. The van der Waals surface area contributed by atoms with Gasteiger partial charge in [-0.1, -0.05) is 20.3 Å². The molecule has 0 spiro atoms. The molecule has 1 heterocycles. The van der Waals surface area contributed by atoms with E-state index in [1.54, 1.807) is 6.07 Å². The van der Waals surface area contributed by atoms with Gasteiger partial charge in [0.25, 0.3) is 5.69 Å². The van der Waals surface area contributed by atoms with Crippen molar-refractivity contribution in [1.29, 1.82) is 0 Å². The Morgan fingerprint density at radius 3 is 2.67 bits per heavy atom. The summed E-state index contributed by atoms with van der Waals surface area (Å²) in [6.07, 6.45) is 0.920. The van der Waals surface area contributed by atoms with Crippen LogP contribution in [0.2, 0.25) is 0 Å². The van der Waals surface area contributed by atoms with Crippen molar-refractivity contribution in [3.05, 3.63) is 39.7 Å². The van der Waals surface area contributed by atoms with Gasteiger partial charge >= 0.3 is 0 Å². The van der Waals surface area contributed by atoms with E-state index in [-0.39, 0.29) is 17.6 Å².